The van der Waals surface area contributed by atoms with Gasteiger partial charge < -0.3 is 20.2 Å². The van der Waals surface area contributed by atoms with Gasteiger partial charge in [-0.25, -0.2) is 4.39 Å². The van der Waals surface area contributed by atoms with Crippen molar-refractivity contribution in [1.82, 2.24) is 15.1 Å². The van der Waals surface area contributed by atoms with E-state index in [1.54, 1.807) is 25.1 Å². The van der Waals surface area contributed by atoms with E-state index in [1.165, 1.54) is 24.3 Å². The molecule has 224 valence electrons. The van der Waals surface area contributed by atoms with E-state index in [-0.39, 0.29) is 55.8 Å². The summed E-state index contributed by atoms with van der Waals surface area (Å²) >= 11 is 0. The molecule has 0 unspecified atom stereocenters. The number of unbranched alkanes of at least 4 members (excludes halogenated alkanes) is 1. The number of benzene rings is 2. The monoisotopic (exact) mass is 577 g/mol. The van der Waals surface area contributed by atoms with Gasteiger partial charge in [-0.3, -0.25) is 9.59 Å². The van der Waals surface area contributed by atoms with E-state index >= 15 is 4.39 Å². The van der Waals surface area contributed by atoms with Crippen LogP contribution < -0.4 is 5.32 Å². The zero-order valence-electron chi connectivity index (χ0n) is 23.8. The summed E-state index contributed by atoms with van der Waals surface area (Å²) in [7, 11) is 3.84. The quantitative estimate of drug-likeness (QED) is 0.241. The number of hydrogen-bond donors (Lipinski definition) is 2. The molecular formula is C31H39F4N3O3. The average molecular weight is 578 g/mol. The first kappa shape index (κ1) is 31.0. The summed E-state index contributed by atoms with van der Waals surface area (Å²) in [5, 5.41) is 13.7. The summed E-state index contributed by atoms with van der Waals surface area (Å²) in [6.07, 6.45) is -3.10. The lowest BCUT2D eigenvalue weighted by molar-refractivity contribution is -0.189. The molecular weight excluding hydrogens is 538 g/mol. The van der Waals surface area contributed by atoms with E-state index in [0.29, 0.717) is 18.4 Å². The second-order valence-electron chi connectivity index (χ2n) is 11.7. The number of phenols is 1. The Hall–Kier alpha value is -2.98. The fourth-order valence-corrected chi connectivity index (χ4v) is 6.73. The normalized spacial score (nSPS) is 25.1. The Morgan fingerprint density at radius 2 is 1.85 bits per heavy atom. The maximum atomic E-state index is 15.0. The molecule has 2 aliphatic heterocycles. The highest BCUT2D eigenvalue weighted by Gasteiger charge is 2.58. The van der Waals surface area contributed by atoms with Gasteiger partial charge in [0.15, 0.2) is 5.78 Å². The maximum Gasteiger partial charge on any atom is 0.408 e. The van der Waals surface area contributed by atoms with E-state index < -0.39 is 47.0 Å². The molecule has 2 aromatic carbocycles. The Kier molecular flexibility index (Phi) is 9.43. The van der Waals surface area contributed by atoms with Crippen molar-refractivity contribution in [2.24, 2.45) is 11.3 Å². The van der Waals surface area contributed by atoms with Crippen LogP contribution >= 0.6 is 0 Å². The molecule has 0 spiro atoms. The predicted molar refractivity (Wildman–Crippen MR) is 148 cm³/mol. The molecule has 4 atom stereocenters. The first-order valence-electron chi connectivity index (χ1n) is 14.2. The lowest BCUT2D eigenvalue weighted by Crippen LogP contribution is -2.61. The minimum absolute atomic E-state index is 0.0323. The summed E-state index contributed by atoms with van der Waals surface area (Å²) in [5.74, 6) is -3.67. The Morgan fingerprint density at radius 3 is 2.54 bits per heavy atom. The molecule has 2 fully saturated rings. The molecule has 0 radical (unpaired) electrons. The average Bonchev–Trinajstić information content (AvgIpc) is 3.43. The molecule has 0 aliphatic carbocycles. The topological polar surface area (TPSA) is 72.9 Å². The van der Waals surface area contributed by atoms with Gasteiger partial charge in [0.25, 0.3) is 0 Å². The summed E-state index contributed by atoms with van der Waals surface area (Å²) in [4.78, 5) is 31.6. The van der Waals surface area contributed by atoms with Gasteiger partial charge in [-0.2, -0.15) is 13.2 Å². The number of piperidine rings is 1. The molecule has 2 heterocycles. The highest BCUT2D eigenvalue weighted by molar-refractivity contribution is 6.02. The molecule has 0 bridgehead atoms. The highest BCUT2D eigenvalue weighted by atomic mass is 19.4. The van der Waals surface area contributed by atoms with Gasteiger partial charge in [-0.05, 0) is 82.6 Å². The molecule has 2 aromatic rings. The zero-order chi connectivity index (χ0) is 29.9. The number of rotatable bonds is 9. The SMILES string of the molecule is Cc1c(F)cccc1[C@H]1[C@@H](C(=O)c2ccccc2O)CNC[C@@]1(CCCCN(C)C)C(=O)N1CCC[C@H]1C(F)(F)F. The number of aromatic hydroxyl groups is 1. The maximum absolute atomic E-state index is 15.0. The number of carbonyl (C=O) groups excluding carboxylic acids is 2. The number of nitrogens with one attached hydrogen (secondary N) is 1. The number of likely N-dealkylation sites (tertiary alicyclic amines) is 1. The van der Waals surface area contributed by atoms with E-state index in [0.717, 1.165) is 11.4 Å². The Balaban J connectivity index is 1.89. The van der Waals surface area contributed by atoms with Gasteiger partial charge in [0.05, 0.1) is 11.0 Å². The van der Waals surface area contributed by atoms with Gasteiger partial charge in [-0.1, -0.05) is 30.7 Å². The van der Waals surface area contributed by atoms with Crippen LogP contribution in [-0.2, 0) is 4.79 Å². The molecule has 0 aromatic heterocycles. The Bertz CT molecular complexity index is 1250. The van der Waals surface area contributed by atoms with Crippen LogP contribution in [0.4, 0.5) is 17.6 Å². The van der Waals surface area contributed by atoms with Gasteiger partial charge in [-0.15, -0.1) is 0 Å². The number of phenolic OH excluding ortho intramolecular Hbond substituents is 1. The van der Waals surface area contributed by atoms with Crippen LogP contribution in [0.2, 0.25) is 0 Å². The van der Waals surface area contributed by atoms with Gasteiger partial charge >= 0.3 is 6.18 Å². The molecule has 10 heteroatoms. The molecule has 2 N–H and O–H groups in total. The van der Waals surface area contributed by atoms with E-state index in [9.17, 15) is 27.9 Å². The third kappa shape index (κ3) is 6.28. The van der Waals surface area contributed by atoms with E-state index in [2.05, 4.69) is 5.32 Å². The Labute approximate surface area is 238 Å². The fourth-order valence-electron chi connectivity index (χ4n) is 6.73. The molecule has 2 aliphatic rings. The first-order valence-corrected chi connectivity index (χ1v) is 14.2. The molecule has 2 saturated heterocycles. The molecule has 41 heavy (non-hydrogen) atoms. The minimum Gasteiger partial charge on any atom is -0.507 e. The number of halogens is 4. The summed E-state index contributed by atoms with van der Waals surface area (Å²) in [6.45, 7) is 2.44. The highest BCUT2D eigenvalue weighted by Crippen LogP contribution is 2.51. The number of alkyl halides is 3. The number of carbonyl (C=O) groups is 2. The standard InChI is InChI=1S/C31H39F4N3O3/c1-20-21(11-8-12-24(20)32)27-23(28(40)22-10-4-5-13-25(22)39)18-36-19-30(27,15-6-7-16-37(2)3)29(41)38-17-9-14-26(38)31(33,34)35/h4-5,8,10-13,23,26-27,36,39H,6-7,9,14-19H2,1-3H3/t23-,26-,27-,30+/m0/s1. The lowest BCUT2D eigenvalue weighted by atomic mass is 9.59. The fraction of sp³-hybridized carbons (Fsp3) is 0.548. The summed E-state index contributed by atoms with van der Waals surface area (Å²) in [5.41, 5.74) is -0.692. The largest absolute Gasteiger partial charge is 0.507 e. The van der Waals surface area contributed by atoms with Crippen molar-refractivity contribution >= 4 is 11.7 Å². The van der Waals surface area contributed by atoms with Crippen LogP contribution in [0.5, 0.6) is 5.75 Å². The van der Waals surface area contributed by atoms with Crippen molar-refractivity contribution in [3.05, 3.63) is 65.0 Å². The van der Waals surface area contributed by atoms with Crippen LogP contribution in [0.3, 0.4) is 0 Å². The molecule has 6 nitrogen and oxygen atoms in total. The number of nitrogens with zero attached hydrogens (tertiary/aromatic N) is 2. The van der Waals surface area contributed by atoms with Crippen LogP contribution in [0.1, 0.15) is 59.5 Å². The van der Waals surface area contributed by atoms with Crippen LogP contribution in [0.15, 0.2) is 42.5 Å². The summed E-state index contributed by atoms with van der Waals surface area (Å²) in [6, 6.07) is 8.65. The molecule has 1 amide bonds. The van der Waals surface area contributed by atoms with Gasteiger partial charge in [0.2, 0.25) is 5.91 Å². The number of ketones is 1. The van der Waals surface area contributed by atoms with E-state index in [4.69, 9.17) is 0 Å². The minimum atomic E-state index is -4.59. The van der Waals surface area contributed by atoms with Crippen LogP contribution in [-0.4, -0.2) is 79.1 Å². The van der Waals surface area contributed by atoms with Crippen molar-refractivity contribution in [3.63, 3.8) is 0 Å². The van der Waals surface area contributed by atoms with Crippen LogP contribution in [0, 0.1) is 24.1 Å². The van der Waals surface area contributed by atoms with Crippen molar-refractivity contribution in [2.75, 3.05) is 40.3 Å². The lowest BCUT2D eigenvalue weighted by Gasteiger charge is -2.50. The van der Waals surface area contributed by atoms with E-state index in [1.807, 2.05) is 19.0 Å². The van der Waals surface area contributed by atoms with Crippen molar-refractivity contribution in [1.29, 1.82) is 0 Å². The predicted octanol–water partition coefficient (Wildman–Crippen LogP) is 5.30. The van der Waals surface area contributed by atoms with Crippen LogP contribution in [0.25, 0.3) is 0 Å². The third-order valence-corrected chi connectivity index (χ3v) is 8.75. The number of para-hydroxylation sites is 1. The Morgan fingerprint density at radius 1 is 1.12 bits per heavy atom. The molecule has 0 saturated carbocycles. The first-order chi connectivity index (χ1) is 19.4. The second-order valence-corrected chi connectivity index (χ2v) is 11.7. The number of amides is 1. The zero-order valence-corrected chi connectivity index (χ0v) is 23.8. The number of Topliss-reactive ketones (excluding diaryl/α,β-unsaturated/α-hetero) is 1. The smallest absolute Gasteiger partial charge is 0.408 e. The van der Waals surface area contributed by atoms with Gasteiger partial charge in [0.1, 0.15) is 17.6 Å². The second kappa shape index (κ2) is 12.5. The van der Waals surface area contributed by atoms with Gasteiger partial charge in [0, 0.05) is 31.5 Å². The van der Waals surface area contributed by atoms with Crippen molar-refractivity contribution < 1.29 is 32.3 Å². The third-order valence-electron chi connectivity index (χ3n) is 8.75. The van der Waals surface area contributed by atoms with Crippen molar-refractivity contribution in [3.8, 4) is 5.75 Å². The molecule has 4 rings (SSSR count). The van der Waals surface area contributed by atoms with Crippen molar-refractivity contribution in [2.45, 2.75) is 57.2 Å². The summed E-state index contributed by atoms with van der Waals surface area (Å²) < 4.78 is 57.4. The number of hydrogen-bond acceptors (Lipinski definition) is 5.